The second-order valence-corrected chi connectivity index (χ2v) is 7.15. The molecule has 1 amide bonds. The highest BCUT2D eigenvalue weighted by molar-refractivity contribution is 7.18. The Morgan fingerprint density at radius 2 is 1.77 bits per heavy atom. The molecule has 5 nitrogen and oxygen atoms in total. The van der Waals surface area contributed by atoms with Gasteiger partial charge in [-0.15, -0.1) is 11.3 Å². The molecule has 134 valence electrons. The summed E-state index contributed by atoms with van der Waals surface area (Å²) in [7, 11) is 0. The molecule has 1 aromatic heterocycles. The van der Waals surface area contributed by atoms with E-state index < -0.39 is 12.0 Å². The van der Waals surface area contributed by atoms with E-state index in [1.807, 2.05) is 24.3 Å². The number of hydrogen-bond acceptors (Lipinski definition) is 4. The molecule has 0 radical (unpaired) electrons. The lowest BCUT2D eigenvalue weighted by Gasteiger charge is -2.14. The molecule has 0 saturated carbocycles. The van der Waals surface area contributed by atoms with Gasteiger partial charge in [0.15, 0.2) is 6.04 Å². The monoisotopic (exact) mass is 368 g/mol. The standard InChI is InChI=1S/C20H20N2O3S/c23-17(22-19(20(24)25)14-8-2-1-3-9-14)12-6-7-13-18-21-15-10-4-5-11-16(15)26-18/h1-5,8-11,19H,6-7,12-13H2,(H,22,23)(H,24,25)/t19-/m1/s1. The molecule has 0 spiro atoms. The number of aryl methyl sites for hydroxylation is 1. The van der Waals surface area contributed by atoms with Crippen LogP contribution in [0.25, 0.3) is 10.2 Å². The Bertz CT molecular complexity index is 859. The first-order valence-corrected chi connectivity index (χ1v) is 9.36. The predicted octanol–water partition coefficient (Wildman–Crippen LogP) is 3.95. The van der Waals surface area contributed by atoms with Gasteiger partial charge in [0.25, 0.3) is 0 Å². The third-order valence-corrected chi connectivity index (χ3v) is 5.16. The fraction of sp³-hybridized carbons (Fsp3) is 0.250. The molecule has 1 atom stereocenters. The Balaban J connectivity index is 1.46. The molecule has 2 N–H and O–H groups in total. The summed E-state index contributed by atoms with van der Waals surface area (Å²) in [6, 6.07) is 15.8. The third-order valence-electron chi connectivity index (χ3n) is 4.07. The number of unbranched alkanes of at least 4 members (excludes halogenated alkanes) is 1. The van der Waals surface area contributed by atoms with Crippen LogP contribution in [0.4, 0.5) is 0 Å². The van der Waals surface area contributed by atoms with Gasteiger partial charge < -0.3 is 10.4 Å². The number of carboxylic acid groups (broad SMARTS) is 1. The number of carbonyl (C=O) groups excluding carboxylic acids is 1. The van der Waals surface area contributed by atoms with Crippen molar-refractivity contribution in [2.75, 3.05) is 0 Å². The topological polar surface area (TPSA) is 79.3 Å². The summed E-state index contributed by atoms with van der Waals surface area (Å²) < 4.78 is 1.17. The molecule has 3 rings (SSSR count). The van der Waals surface area contributed by atoms with Crippen LogP contribution in [-0.2, 0) is 16.0 Å². The fourth-order valence-electron chi connectivity index (χ4n) is 2.75. The molecule has 0 bridgehead atoms. The summed E-state index contributed by atoms with van der Waals surface area (Å²) in [5.74, 6) is -1.30. The summed E-state index contributed by atoms with van der Waals surface area (Å²) in [4.78, 5) is 28.1. The Kier molecular flexibility index (Phi) is 5.96. The number of fused-ring (bicyclic) bond motifs is 1. The quantitative estimate of drug-likeness (QED) is 0.590. The van der Waals surface area contributed by atoms with Crippen LogP contribution in [0.1, 0.15) is 35.9 Å². The minimum atomic E-state index is -1.06. The first kappa shape index (κ1) is 18.1. The van der Waals surface area contributed by atoms with Gasteiger partial charge in [-0.3, -0.25) is 4.79 Å². The smallest absolute Gasteiger partial charge is 0.330 e. The zero-order valence-electron chi connectivity index (χ0n) is 14.2. The largest absolute Gasteiger partial charge is 0.479 e. The molecular formula is C20H20N2O3S. The molecule has 0 fully saturated rings. The molecule has 26 heavy (non-hydrogen) atoms. The second-order valence-electron chi connectivity index (χ2n) is 6.03. The van der Waals surface area contributed by atoms with Gasteiger partial charge in [0.1, 0.15) is 0 Å². The molecule has 3 aromatic rings. The molecule has 0 aliphatic carbocycles. The van der Waals surface area contributed by atoms with Crippen LogP contribution in [0, 0.1) is 0 Å². The zero-order chi connectivity index (χ0) is 18.4. The number of carboxylic acids is 1. The minimum Gasteiger partial charge on any atom is -0.479 e. The van der Waals surface area contributed by atoms with Crippen molar-refractivity contribution in [3.63, 3.8) is 0 Å². The van der Waals surface area contributed by atoms with E-state index in [1.165, 1.54) is 4.70 Å². The molecule has 0 unspecified atom stereocenters. The van der Waals surface area contributed by atoms with Crippen LogP contribution < -0.4 is 5.32 Å². The van der Waals surface area contributed by atoms with Gasteiger partial charge in [0.05, 0.1) is 15.2 Å². The van der Waals surface area contributed by atoms with Crippen LogP contribution in [0.5, 0.6) is 0 Å². The lowest BCUT2D eigenvalue weighted by molar-refractivity contribution is -0.142. The maximum Gasteiger partial charge on any atom is 0.330 e. The number of rotatable bonds is 8. The molecule has 1 heterocycles. The number of para-hydroxylation sites is 1. The van der Waals surface area contributed by atoms with Crippen LogP contribution >= 0.6 is 11.3 Å². The van der Waals surface area contributed by atoms with Crippen LogP contribution in [-0.4, -0.2) is 22.0 Å². The first-order valence-electron chi connectivity index (χ1n) is 8.55. The number of hydrogen-bond donors (Lipinski definition) is 2. The number of aromatic nitrogens is 1. The van der Waals surface area contributed by atoms with Gasteiger partial charge in [-0.05, 0) is 37.0 Å². The van der Waals surface area contributed by atoms with Gasteiger partial charge in [-0.2, -0.15) is 0 Å². The van der Waals surface area contributed by atoms with E-state index in [0.717, 1.165) is 23.4 Å². The second kappa shape index (κ2) is 8.58. The van der Waals surface area contributed by atoms with E-state index in [0.29, 0.717) is 18.4 Å². The van der Waals surface area contributed by atoms with Crippen molar-refractivity contribution in [3.05, 3.63) is 65.2 Å². The van der Waals surface area contributed by atoms with Crippen molar-refractivity contribution >= 4 is 33.4 Å². The van der Waals surface area contributed by atoms with Gasteiger partial charge in [0, 0.05) is 6.42 Å². The Labute approximate surface area is 155 Å². The summed E-state index contributed by atoms with van der Waals surface area (Å²) in [6.07, 6.45) is 2.67. The first-order chi connectivity index (χ1) is 12.6. The third kappa shape index (κ3) is 4.67. The number of amides is 1. The average Bonchev–Trinajstić information content (AvgIpc) is 3.06. The highest BCUT2D eigenvalue weighted by atomic mass is 32.1. The van der Waals surface area contributed by atoms with Gasteiger partial charge in [-0.1, -0.05) is 42.5 Å². The molecule has 0 aliphatic heterocycles. The summed E-state index contributed by atoms with van der Waals surface area (Å²) in [5.41, 5.74) is 1.58. The molecule has 0 aliphatic rings. The van der Waals surface area contributed by atoms with Crippen LogP contribution in [0.15, 0.2) is 54.6 Å². The number of nitrogens with zero attached hydrogens (tertiary/aromatic N) is 1. The van der Waals surface area contributed by atoms with Gasteiger partial charge in [-0.25, -0.2) is 9.78 Å². The van der Waals surface area contributed by atoms with E-state index in [2.05, 4.69) is 16.4 Å². The Morgan fingerprint density at radius 3 is 2.50 bits per heavy atom. The highest BCUT2D eigenvalue weighted by Crippen LogP contribution is 2.23. The van der Waals surface area contributed by atoms with E-state index in [9.17, 15) is 14.7 Å². The highest BCUT2D eigenvalue weighted by Gasteiger charge is 2.21. The van der Waals surface area contributed by atoms with Crippen molar-refractivity contribution in [2.45, 2.75) is 31.7 Å². The van der Waals surface area contributed by atoms with Gasteiger partial charge >= 0.3 is 5.97 Å². The lowest BCUT2D eigenvalue weighted by Crippen LogP contribution is -2.33. The number of carbonyl (C=O) groups is 2. The van der Waals surface area contributed by atoms with E-state index in [-0.39, 0.29) is 5.91 Å². The normalized spacial score (nSPS) is 12.0. The maximum absolute atomic E-state index is 12.1. The van der Waals surface area contributed by atoms with Crippen molar-refractivity contribution in [3.8, 4) is 0 Å². The number of aliphatic carboxylic acids is 1. The average molecular weight is 368 g/mol. The lowest BCUT2D eigenvalue weighted by atomic mass is 10.1. The van der Waals surface area contributed by atoms with Crippen molar-refractivity contribution < 1.29 is 14.7 Å². The minimum absolute atomic E-state index is 0.245. The summed E-state index contributed by atoms with van der Waals surface area (Å²) in [5, 5.41) is 13.0. The van der Waals surface area contributed by atoms with Crippen LogP contribution in [0.3, 0.4) is 0 Å². The zero-order valence-corrected chi connectivity index (χ0v) is 15.0. The van der Waals surface area contributed by atoms with Crippen molar-refractivity contribution in [1.82, 2.24) is 10.3 Å². The van der Waals surface area contributed by atoms with E-state index >= 15 is 0 Å². The van der Waals surface area contributed by atoms with E-state index in [4.69, 9.17) is 0 Å². The van der Waals surface area contributed by atoms with Crippen molar-refractivity contribution in [1.29, 1.82) is 0 Å². The maximum atomic E-state index is 12.1. The van der Waals surface area contributed by atoms with E-state index in [1.54, 1.807) is 35.6 Å². The van der Waals surface area contributed by atoms with Gasteiger partial charge in [0.2, 0.25) is 5.91 Å². The Morgan fingerprint density at radius 1 is 1.04 bits per heavy atom. The Hall–Kier alpha value is -2.73. The fourth-order valence-corrected chi connectivity index (χ4v) is 3.76. The van der Waals surface area contributed by atoms with Crippen LogP contribution in [0.2, 0.25) is 0 Å². The summed E-state index contributed by atoms with van der Waals surface area (Å²) in [6.45, 7) is 0. The van der Waals surface area contributed by atoms with Crippen molar-refractivity contribution in [2.24, 2.45) is 0 Å². The predicted molar refractivity (Wildman–Crippen MR) is 102 cm³/mol. The number of nitrogens with one attached hydrogen (secondary N) is 1. The summed E-state index contributed by atoms with van der Waals surface area (Å²) >= 11 is 1.68. The number of benzene rings is 2. The molecular weight excluding hydrogens is 348 g/mol. The molecule has 6 heteroatoms. The molecule has 2 aromatic carbocycles. The SMILES string of the molecule is O=C(CCCCc1nc2ccccc2s1)N[C@@H](C(=O)O)c1ccccc1. The molecule has 0 saturated heterocycles. The number of thiazole rings is 1.